The van der Waals surface area contributed by atoms with E-state index in [0.717, 1.165) is 5.56 Å². The van der Waals surface area contributed by atoms with Crippen LogP contribution in [0.1, 0.15) is 5.56 Å². The number of hydrogen-bond donors (Lipinski definition) is 2. The predicted molar refractivity (Wildman–Crippen MR) is 100 cm³/mol. The number of aromatic nitrogens is 3. The smallest absolute Gasteiger partial charge is 0.334 e. The highest BCUT2D eigenvalue weighted by Gasteiger charge is 2.27. The monoisotopic (exact) mass is 407 g/mol. The Balaban J connectivity index is 1.59. The Kier molecular flexibility index (Phi) is 6.19. The van der Waals surface area contributed by atoms with Gasteiger partial charge in [-0.3, -0.25) is 0 Å². The molecule has 2 amide bonds. The SMILES string of the molecule is O=C(NCc1ccnc(-n2cccn2)c1)Nc1ccccc1SCC(F)(F)F. The maximum Gasteiger partial charge on any atom is 0.398 e. The van der Waals surface area contributed by atoms with E-state index in [2.05, 4.69) is 20.7 Å². The molecule has 0 fully saturated rings. The zero-order chi connectivity index (χ0) is 20.0. The van der Waals surface area contributed by atoms with Crippen molar-refractivity contribution in [1.29, 1.82) is 0 Å². The first-order valence-corrected chi connectivity index (χ1v) is 9.18. The number of carbonyl (C=O) groups is 1. The van der Waals surface area contributed by atoms with Crippen molar-refractivity contribution >= 4 is 23.5 Å². The normalized spacial score (nSPS) is 11.2. The van der Waals surface area contributed by atoms with Crippen LogP contribution >= 0.6 is 11.8 Å². The van der Waals surface area contributed by atoms with Crippen LogP contribution in [0.3, 0.4) is 0 Å². The molecular weight excluding hydrogens is 391 g/mol. The first kappa shape index (κ1) is 19.7. The predicted octanol–water partition coefficient (Wildman–Crippen LogP) is 4.24. The summed E-state index contributed by atoms with van der Waals surface area (Å²) in [5.41, 5.74) is 1.12. The third-order valence-electron chi connectivity index (χ3n) is 3.53. The van der Waals surface area contributed by atoms with Gasteiger partial charge in [-0.15, -0.1) is 11.8 Å². The maximum absolute atomic E-state index is 12.4. The summed E-state index contributed by atoms with van der Waals surface area (Å²) in [6, 6.07) is 11.1. The Morgan fingerprint density at radius 1 is 1.14 bits per heavy atom. The first-order valence-electron chi connectivity index (χ1n) is 8.19. The number of rotatable bonds is 6. The lowest BCUT2D eigenvalue weighted by Gasteiger charge is -2.13. The van der Waals surface area contributed by atoms with Crippen LogP contribution in [0.2, 0.25) is 0 Å². The van der Waals surface area contributed by atoms with Crippen molar-refractivity contribution in [2.24, 2.45) is 0 Å². The molecule has 2 N–H and O–H groups in total. The molecule has 0 aliphatic carbocycles. The van der Waals surface area contributed by atoms with Gasteiger partial charge in [0.25, 0.3) is 0 Å². The van der Waals surface area contributed by atoms with E-state index in [1.807, 2.05) is 0 Å². The van der Waals surface area contributed by atoms with Crippen molar-refractivity contribution < 1.29 is 18.0 Å². The molecule has 1 aromatic carbocycles. The summed E-state index contributed by atoms with van der Waals surface area (Å²) in [5, 5.41) is 9.36. The van der Waals surface area contributed by atoms with Crippen molar-refractivity contribution in [3.05, 3.63) is 66.6 Å². The number of urea groups is 1. The minimum atomic E-state index is -4.28. The van der Waals surface area contributed by atoms with Crippen molar-refractivity contribution in [2.45, 2.75) is 17.6 Å². The highest BCUT2D eigenvalue weighted by Crippen LogP contribution is 2.32. The van der Waals surface area contributed by atoms with Gasteiger partial charge in [-0.2, -0.15) is 18.3 Å². The van der Waals surface area contributed by atoms with Crippen LogP contribution in [0, 0.1) is 0 Å². The van der Waals surface area contributed by atoms with Gasteiger partial charge >= 0.3 is 12.2 Å². The number of nitrogens with zero attached hydrogens (tertiary/aromatic N) is 3. The summed E-state index contributed by atoms with van der Waals surface area (Å²) >= 11 is 0.625. The summed E-state index contributed by atoms with van der Waals surface area (Å²) < 4.78 is 38.9. The van der Waals surface area contributed by atoms with Gasteiger partial charge in [-0.1, -0.05) is 12.1 Å². The van der Waals surface area contributed by atoms with E-state index >= 15 is 0 Å². The molecular formula is C18H16F3N5OS. The van der Waals surface area contributed by atoms with Crippen LogP contribution in [-0.2, 0) is 6.54 Å². The summed E-state index contributed by atoms with van der Waals surface area (Å²) in [5.74, 6) is -0.417. The standard InChI is InChI=1S/C18H16F3N5OS/c19-18(20,21)12-28-15-5-2-1-4-14(15)25-17(27)23-11-13-6-8-22-16(10-13)26-9-3-7-24-26/h1-10H,11-12H2,(H2,23,25,27). The van der Waals surface area contributed by atoms with Crippen LogP contribution in [0.4, 0.5) is 23.7 Å². The lowest BCUT2D eigenvalue weighted by Crippen LogP contribution is -2.28. The number of alkyl halides is 3. The van der Waals surface area contributed by atoms with Crippen LogP contribution in [0.5, 0.6) is 0 Å². The highest BCUT2D eigenvalue weighted by atomic mass is 32.2. The van der Waals surface area contributed by atoms with Gasteiger partial charge in [0.2, 0.25) is 0 Å². The fourth-order valence-corrected chi connectivity index (χ4v) is 3.07. The molecule has 2 heterocycles. The molecule has 0 atom stereocenters. The molecule has 28 heavy (non-hydrogen) atoms. The van der Waals surface area contributed by atoms with E-state index in [1.54, 1.807) is 59.7 Å². The Morgan fingerprint density at radius 3 is 2.71 bits per heavy atom. The lowest BCUT2D eigenvalue weighted by molar-refractivity contribution is -0.105. The number of anilines is 1. The molecule has 3 rings (SSSR count). The summed E-state index contributed by atoms with van der Waals surface area (Å²) in [7, 11) is 0. The average Bonchev–Trinajstić information content (AvgIpc) is 3.20. The van der Waals surface area contributed by atoms with Crippen LogP contribution in [0.25, 0.3) is 5.82 Å². The number of carbonyl (C=O) groups excluding carboxylic acids is 1. The number of nitrogens with one attached hydrogen (secondary N) is 2. The quantitative estimate of drug-likeness (QED) is 0.600. The molecule has 146 valence electrons. The number of halogens is 3. The van der Waals surface area contributed by atoms with Gasteiger partial charge in [0.15, 0.2) is 5.82 Å². The first-order chi connectivity index (χ1) is 13.4. The third-order valence-corrected chi connectivity index (χ3v) is 4.67. The van der Waals surface area contributed by atoms with E-state index in [-0.39, 0.29) is 6.54 Å². The van der Waals surface area contributed by atoms with Crippen molar-refractivity contribution in [2.75, 3.05) is 11.1 Å². The Bertz CT molecular complexity index is 931. The summed E-state index contributed by atoms with van der Waals surface area (Å²) in [4.78, 5) is 16.7. The molecule has 10 heteroatoms. The average molecular weight is 407 g/mol. The van der Waals surface area contributed by atoms with E-state index in [9.17, 15) is 18.0 Å². The Morgan fingerprint density at radius 2 is 1.96 bits per heavy atom. The summed E-state index contributed by atoms with van der Waals surface area (Å²) in [6.07, 6.45) is 0.707. The van der Waals surface area contributed by atoms with Crippen molar-refractivity contribution in [1.82, 2.24) is 20.1 Å². The fraction of sp³-hybridized carbons (Fsp3) is 0.167. The minimum absolute atomic E-state index is 0.223. The zero-order valence-corrected chi connectivity index (χ0v) is 15.3. The van der Waals surface area contributed by atoms with Crippen molar-refractivity contribution in [3.8, 4) is 5.82 Å². The van der Waals surface area contributed by atoms with Gasteiger partial charge < -0.3 is 10.6 Å². The topological polar surface area (TPSA) is 71.8 Å². The molecule has 0 radical (unpaired) electrons. The maximum atomic E-state index is 12.4. The van der Waals surface area contributed by atoms with Gasteiger partial charge in [0.05, 0.1) is 11.4 Å². The van der Waals surface area contributed by atoms with Gasteiger partial charge in [0.1, 0.15) is 0 Å². The second-order valence-electron chi connectivity index (χ2n) is 5.68. The molecule has 0 bridgehead atoms. The second kappa shape index (κ2) is 8.79. The Hall–Kier alpha value is -3.01. The van der Waals surface area contributed by atoms with Crippen molar-refractivity contribution in [3.63, 3.8) is 0 Å². The molecule has 3 aromatic rings. The summed E-state index contributed by atoms with van der Waals surface area (Å²) in [6.45, 7) is 0.223. The third kappa shape index (κ3) is 5.74. The van der Waals surface area contributed by atoms with Gasteiger partial charge in [-0.25, -0.2) is 14.5 Å². The molecule has 0 unspecified atom stereocenters. The Labute approximate surface area is 163 Å². The fourth-order valence-electron chi connectivity index (χ4n) is 2.30. The zero-order valence-electron chi connectivity index (χ0n) is 14.5. The number of benzene rings is 1. The molecule has 0 saturated carbocycles. The number of thioether (sulfide) groups is 1. The van der Waals surface area contributed by atoms with E-state index in [0.29, 0.717) is 28.2 Å². The number of para-hydroxylation sites is 1. The molecule has 6 nitrogen and oxygen atoms in total. The lowest BCUT2D eigenvalue weighted by atomic mass is 10.2. The molecule has 0 saturated heterocycles. The van der Waals surface area contributed by atoms with E-state index < -0.39 is 18.0 Å². The van der Waals surface area contributed by atoms with Gasteiger partial charge in [0, 0.05) is 30.0 Å². The van der Waals surface area contributed by atoms with Crippen LogP contribution in [0.15, 0.2) is 66.0 Å². The van der Waals surface area contributed by atoms with Gasteiger partial charge in [-0.05, 0) is 35.9 Å². The van der Waals surface area contributed by atoms with Crippen LogP contribution < -0.4 is 10.6 Å². The minimum Gasteiger partial charge on any atom is -0.334 e. The molecule has 0 aliphatic heterocycles. The van der Waals surface area contributed by atoms with Crippen LogP contribution in [-0.4, -0.2) is 32.7 Å². The highest BCUT2D eigenvalue weighted by molar-refractivity contribution is 7.99. The number of pyridine rings is 1. The number of amides is 2. The van der Waals surface area contributed by atoms with E-state index in [1.165, 1.54) is 6.07 Å². The number of hydrogen-bond acceptors (Lipinski definition) is 4. The van der Waals surface area contributed by atoms with E-state index in [4.69, 9.17) is 0 Å². The molecule has 2 aromatic heterocycles. The largest absolute Gasteiger partial charge is 0.398 e. The second-order valence-corrected chi connectivity index (χ2v) is 6.70. The molecule has 0 aliphatic rings. The molecule has 0 spiro atoms.